The molecule has 3 aromatic rings. The van der Waals surface area contributed by atoms with Crippen LogP contribution in [0.2, 0.25) is 0 Å². The summed E-state index contributed by atoms with van der Waals surface area (Å²) in [6.45, 7) is 8.15. The van der Waals surface area contributed by atoms with Crippen molar-refractivity contribution >= 4 is 27.1 Å². The van der Waals surface area contributed by atoms with Crippen molar-refractivity contribution in [2.45, 2.75) is 74.4 Å². The van der Waals surface area contributed by atoms with Gasteiger partial charge < -0.3 is 50.3 Å². The second-order valence-corrected chi connectivity index (χ2v) is 11.4. The maximum Gasteiger partial charge on any atom is 0.193 e. The third kappa shape index (κ3) is 6.77. The highest BCUT2D eigenvalue weighted by atomic mass is 32.1. The molecule has 0 amide bonds. The van der Waals surface area contributed by atoms with E-state index in [1.807, 2.05) is 18.2 Å². The molecule has 0 aliphatic carbocycles. The van der Waals surface area contributed by atoms with Gasteiger partial charge in [-0.15, -0.1) is 11.3 Å². The second-order valence-electron chi connectivity index (χ2n) is 10.2. The third-order valence-electron chi connectivity index (χ3n) is 7.40. The number of benzene rings is 2. The lowest BCUT2D eigenvalue weighted by Crippen LogP contribution is -2.57. The molecule has 222 valence electrons. The number of nitrogens with zero attached hydrogens (tertiary/aromatic N) is 1. The highest BCUT2D eigenvalue weighted by molar-refractivity contribution is 7.19. The minimum atomic E-state index is -1.48. The molecule has 8 N–H and O–H groups in total. The summed E-state index contributed by atoms with van der Waals surface area (Å²) in [6, 6.07) is 15.6. The number of hydrogen-bond donors (Lipinski definition) is 8. The van der Waals surface area contributed by atoms with Crippen molar-refractivity contribution in [1.82, 2.24) is 0 Å². The highest BCUT2D eigenvalue weighted by Gasteiger charge is 2.44. The van der Waals surface area contributed by atoms with Gasteiger partial charge in [-0.1, -0.05) is 36.4 Å². The number of fused-ring (bicyclic) bond motifs is 1. The zero-order valence-corrected chi connectivity index (χ0v) is 23.1. The minimum Gasteiger partial charge on any atom is -0.394 e. The first kappa shape index (κ1) is 31.4. The Kier molecular flexibility index (Phi) is 10.5. The summed E-state index contributed by atoms with van der Waals surface area (Å²) in [5.41, 5.74) is 1.68. The molecule has 11 nitrogen and oxygen atoms in total. The highest BCUT2D eigenvalue weighted by Crippen LogP contribution is 2.38. The van der Waals surface area contributed by atoms with Gasteiger partial charge in [0.2, 0.25) is 0 Å². The number of aliphatic hydroxyl groups is 8. The van der Waals surface area contributed by atoms with Crippen LogP contribution in [0.3, 0.4) is 0 Å². The van der Waals surface area contributed by atoms with E-state index >= 15 is 0 Å². The maximum atomic E-state index is 10.5. The van der Waals surface area contributed by atoms with Crippen LogP contribution in [0.25, 0.3) is 14.9 Å². The lowest BCUT2D eigenvalue weighted by molar-refractivity contribution is -0.231. The van der Waals surface area contributed by atoms with Gasteiger partial charge in [0.15, 0.2) is 5.69 Å². The van der Waals surface area contributed by atoms with Gasteiger partial charge in [0.1, 0.15) is 54.9 Å². The van der Waals surface area contributed by atoms with Crippen LogP contribution in [0.15, 0.2) is 48.5 Å². The van der Waals surface area contributed by atoms with Gasteiger partial charge >= 0.3 is 0 Å². The first-order valence-corrected chi connectivity index (χ1v) is 14.0. The fourth-order valence-corrected chi connectivity index (χ4v) is 6.11. The monoisotopic (exact) mass is 589 g/mol. The van der Waals surface area contributed by atoms with Crippen LogP contribution in [-0.2, 0) is 15.9 Å². The van der Waals surface area contributed by atoms with E-state index in [1.54, 1.807) is 30.4 Å². The standard InChI is InChI=1S/C22H21NO5S.C7H14O5/c1-23-16-7-6-12(8-14-10-13-4-2-3-5-18(13)29-14)9-15(16)22-21(27)20(26)19(25)17(11-24)28-22;1-3-5(9)7(11)6(10)4(2-8)12-3/h2-7,9-10,17,19-22,24-27H,8,11H2;3-11H,2H2,1H3/t17-,19-,20+,21-,22+;3-,4+,5-,6+,7+/m10/s1. The molecule has 1 aromatic heterocycles. The molecular weight excluding hydrogens is 554 g/mol. The number of hydrogen-bond acceptors (Lipinski definition) is 11. The van der Waals surface area contributed by atoms with E-state index in [9.17, 15) is 35.7 Å². The number of rotatable bonds is 5. The molecule has 41 heavy (non-hydrogen) atoms. The molecule has 12 heteroatoms. The van der Waals surface area contributed by atoms with E-state index in [2.05, 4.69) is 23.0 Å². The Morgan fingerprint density at radius 3 is 2.05 bits per heavy atom. The summed E-state index contributed by atoms with van der Waals surface area (Å²) in [4.78, 5) is 4.68. The van der Waals surface area contributed by atoms with Crippen molar-refractivity contribution in [2.75, 3.05) is 13.2 Å². The average Bonchev–Trinajstić information content (AvgIpc) is 3.39. The first-order chi connectivity index (χ1) is 19.6. The Morgan fingerprint density at radius 2 is 1.41 bits per heavy atom. The number of aliphatic hydroxyl groups excluding tert-OH is 8. The molecular formula is C29H35NO10S. The van der Waals surface area contributed by atoms with E-state index in [-0.39, 0.29) is 6.61 Å². The van der Waals surface area contributed by atoms with E-state index in [1.165, 1.54) is 15.0 Å². The quantitative estimate of drug-likeness (QED) is 0.194. The number of ether oxygens (including phenoxy) is 2. The molecule has 2 aliphatic heterocycles. The molecule has 10 atom stereocenters. The molecule has 0 saturated carbocycles. The Morgan fingerprint density at radius 1 is 0.780 bits per heavy atom. The van der Waals surface area contributed by atoms with Crippen molar-refractivity contribution in [1.29, 1.82) is 0 Å². The molecule has 2 fully saturated rings. The van der Waals surface area contributed by atoms with Gasteiger partial charge in [-0.25, -0.2) is 4.85 Å². The second kappa shape index (κ2) is 13.6. The fraction of sp³-hybridized carbons (Fsp3) is 0.483. The molecule has 5 rings (SSSR count). The van der Waals surface area contributed by atoms with Gasteiger partial charge in [-0.2, -0.15) is 0 Å². The largest absolute Gasteiger partial charge is 0.394 e. The summed E-state index contributed by atoms with van der Waals surface area (Å²) in [7, 11) is 0. The van der Waals surface area contributed by atoms with Crippen LogP contribution in [0.4, 0.5) is 5.69 Å². The van der Waals surface area contributed by atoms with Gasteiger partial charge in [0, 0.05) is 16.0 Å². The molecule has 0 unspecified atom stereocenters. The summed E-state index contributed by atoms with van der Waals surface area (Å²) in [5, 5.41) is 77.6. The molecule has 2 saturated heterocycles. The van der Waals surface area contributed by atoms with Crippen LogP contribution in [-0.4, -0.2) is 109 Å². The Hall–Kier alpha value is -2.51. The average molecular weight is 590 g/mol. The van der Waals surface area contributed by atoms with Crippen molar-refractivity contribution in [2.24, 2.45) is 0 Å². The van der Waals surface area contributed by atoms with Crippen LogP contribution in [0, 0.1) is 6.57 Å². The normalized spacial score (nSPS) is 33.6. The van der Waals surface area contributed by atoms with E-state index < -0.39 is 67.6 Å². The number of thiophene rings is 1. The maximum absolute atomic E-state index is 10.5. The lowest BCUT2D eigenvalue weighted by Gasteiger charge is -2.40. The van der Waals surface area contributed by atoms with E-state index in [0.29, 0.717) is 17.7 Å². The molecule has 0 radical (unpaired) electrons. The molecule has 2 aromatic carbocycles. The summed E-state index contributed by atoms with van der Waals surface area (Å²) >= 11 is 1.70. The van der Waals surface area contributed by atoms with Crippen molar-refractivity contribution in [3.63, 3.8) is 0 Å². The molecule has 3 heterocycles. The predicted molar refractivity (Wildman–Crippen MR) is 149 cm³/mol. The summed E-state index contributed by atoms with van der Waals surface area (Å²) < 4.78 is 11.9. The first-order valence-electron chi connectivity index (χ1n) is 13.2. The zero-order valence-electron chi connectivity index (χ0n) is 22.3. The van der Waals surface area contributed by atoms with E-state index in [4.69, 9.17) is 21.2 Å². The van der Waals surface area contributed by atoms with Crippen molar-refractivity contribution in [3.8, 4) is 0 Å². The SMILES string of the molecule is C[C@@H]1O[C@H](CO)[C@@H](O)[C@H](O)[C@H]1O.[C-]#[N+]c1ccc(Cc2cc3ccccc3s2)cc1[C@@H]1O[C@H](CO)[C@@H](O)[C@H](O)[C@H]1O. The topological polar surface area (TPSA) is 185 Å². The van der Waals surface area contributed by atoms with Gasteiger partial charge in [-0.05, 0) is 35.6 Å². The van der Waals surface area contributed by atoms with Gasteiger partial charge in [0.05, 0.1) is 25.9 Å². The van der Waals surface area contributed by atoms with Gasteiger partial charge in [0.25, 0.3) is 0 Å². The van der Waals surface area contributed by atoms with Crippen LogP contribution >= 0.6 is 11.3 Å². The minimum absolute atomic E-state index is 0.300. The van der Waals surface area contributed by atoms with Gasteiger partial charge in [-0.3, -0.25) is 0 Å². The van der Waals surface area contributed by atoms with Crippen LogP contribution in [0.1, 0.15) is 29.0 Å². The fourth-order valence-electron chi connectivity index (χ4n) is 5.01. The Bertz CT molecular complexity index is 1300. The smallest absolute Gasteiger partial charge is 0.193 e. The van der Waals surface area contributed by atoms with E-state index in [0.717, 1.165) is 5.56 Å². The van der Waals surface area contributed by atoms with Crippen molar-refractivity contribution < 1.29 is 50.3 Å². The molecule has 0 bridgehead atoms. The van der Waals surface area contributed by atoms with Crippen LogP contribution in [0.5, 0.6) is 0 Å². The molecule has 2 aliphatic rings. The van der Waals surface area contributed by atoms with Crippen LogP contribution < -0.4 is 0 Å². The zero-order chi connectivity index (χ0) is 29.8. The summed E-state index contributed by atoms with van der Waals surface area (Å²) in [5.74, 6) is 0. The Labute approximate surface area is 240 Å². The molecule has 0 spiro atoms. The summed E-state index contributed by atoms with van der Waals surface area (Å²) in [6.07, 6.45) is -10.6. The predicted octanol–water partition coefficient (Wildman–Crippen LogP) is 0.406. The lowest BCUT2D eigenvalue weighted by atomic mass is 9.89. The third-order valence-corrected chi connectivity index (χ3v) is 8.51. The Balaban J connectivity index is 0.000000271. The van der Waals surface area contributed by atoms with Crippen molar-refractivity contribution in [3.05, 3.63) is 76.0 Å².